The number of carbonyl (C=O) groups is 3. The number of carbonyl (C=O) groups excluding carboxylic acids is 3. The molecule has 0 aromatic heterocycles. The van der Waals surface area contributed by atoms with Gasteiger partial charge in [0.05, 0.1) is 0 Å². The number of benzene rings is 1. The molecular formula is C23H36N4O4. The summed E-state index contributed by atoms with van der Waals surface area (Å²) in [6.07, 6.45) is 2.33. The van der Waals surface area contributed by atoms with Gasteiger partial charge in [-0.1, -0.05) is 13.0 Å². The minimum Gasteiger partial charge on any atom is -0.444 e. The van der Waals surface area contributed by atoms with Crippen molar-refractivity contribution in [3.8, 4) is 0 Å². The van der Waals surface area contributed by atoms with E-state index in [0.717, 1.165) is 19.3 Å². The van der Waals surface area contributed by atoms with E-state index in [1.807, 2.05) is 27.7 Å². The van der Waals surface area contributed by atoms with Crippen LogP contribution in [0.5, 0.6) is 0 Å². The highest BCUT2D eigenvalue weighted by atomic mass is 16.6. The van der Waals surface area contributed by atoms with E-state index in [0.29, 0.717) is 37.4 Å². The molecule has 31 heavy (non-hydrogen) atoms. The van der Waals surface area contributed by atoms with E-state index in [1.54, 1.807) is 41.1 Å². The third-order valence-electron chi connectivity index (χ3n) is 4.96. The van der Waals surface area contributed by atoms with Gasteiger partial charge in [-0.25, -0.2) is 9.59 Å². The van der Waals surface area contributed by atoms with E-state index in [9.17, 15) is 14.4 Å². The van der Waals surface area contributed by atoms with Crippen LogP contribution in [0.25, 0.3) is 0 Å². The number of piperidine rings is 1. The maximum atomic E-state index is 12.8. The molecule has 4 amide bonds. The van der Waals surface area contributed by atoms with Crippen LogP contribution >= 0.6 is 0 Å². The largest absolute Gasteiger partial charge is 0.444 e. The minimum absolute atomic E-state index is 0.152. The van der Waals surface area contributed by atoms with E-state index in [-0.39, 0.29) is 23.9 Å². The molecule has 0 bridgehead atoms. The first kappa shape index (κ1) is 24.5. The standard InChI is InChI=1S/C23H36N4O4/c1-6-12-24-20(28)18-10-7-11-19(14-18)25-21(29)27-13-8-9-17(16-27)15-26(5)22(30)31-23(2,3)4/h7,10-11,14,17H,6,8-9,12-13,15-16H2,1-5H3,(H,24,28)(H,25,29). The van der Waals surface area contributed by atoms with Gasteiger partial charge in [0.15, 0.2) is 0 Å². The number of rotatable bonds is 6. The normalized spacial score (nSPS) is 16.4. The van der Waals surface area contributed by atoms with Crippen LogP contribution in [0.2, 0.25) is 0 Å². The van der Waals surface area contributed by atoms with Crippen LogP contribution in [0.3, 0.4) is 0 Å². The summed E-state index contributed by atoms with van der Waals surface area (Å²) < 4.78 is 5.41. The summed E-state index contributed by atoms with van der Waals surface area (Å²) >= 11 is 0. The molecule has 2 N–H and O–H groups in total. The van der Waals surface area contributed by atoms with Gasteiger partial charge in [-0.3, -0.25) is 4.79 Å². The number of hydrogen-bond acceptors (Lipinski definition) is 4. The first-order chi connectivity index (χ1) is 14.6. The highest BCUT2D eigenvalue weighted by Gasteiger charge is 2.27. The second-order valence-electron chi connectivity index (χ2n) is 9.08. The molecule has 8 nitrogen and oxygen atoms in total. The van der Waals surface area contributed by atoms with Gasteiger partial charge in [-0.15, -0.1) is 0 Å². The SMILES string of the molecule is CCCNC(=O)c1cccc(NC(=O)N2CCCC(CN(C)C(=O)OC(C)(C)C)C2)c1. The molecule has 1 atom stereocenters. The van der Waals surface area contributed by atoms with E-state index in [2.05, 4.69) is 10.6 Å². The summed E-state index contributed by atoms with van der Waals surface area (Å²) in [4.78, 5) is 40.5. The Bertz CT molecular complexity index is 775. The Morgan fingerprint density at radius 2 is 2.00 bits per heavy atom. The van der Waals surface area contributed by atoms with Crippen molar-refractivity contribution in [2.24, 2.45) is 5.92 Å². The molecule has 8 heteroatoms. The Morgan fingerprint density at radius 1 is 1.26 bits per heavy atom. The number of hydrogen-bond donors (Lipinski definition) is 2. The van der Waals surface area contributed by atoms with Gasteiger partial charge in [0.1, 0.15) is 5.60 Å². The van der Waals surface area contributed by atoms with Crippen LogP contribution in [0.15, 0.2) is 24.3 Å². The van der Waals surface area contributed by atoms with Gasteiger partial charge < -0.3 is 25.2 Å². The molecule has 2 rings (SSSR count). The van der Waals surface area contributed by atoms with Gasteiger partial charge >= 0.3 is 12.1 Å². The van der Waals surface area contributed by atoms with Crippen LogP contribution in [-0.2, 0) is 4.74 Å². The van der Waals surface area contributed by atoms with E-state index >= 15 is 0 Å². The van der Waals surface area contributed by atoms with Crippen molar-refractivity contribution in [3.05, 3.63) is 29.8 Å². The molecule has 0 saturated carbocycles. The quantitative estimate of drug-likeness (QED) is 0.712. The number of amides is 4. The number of ether oxygens (including phenoxy) is 1. The lowest BCUT2D eigenvalue weighted by atomic mass is 9.98. The van der Waals surface area contributed by atoms with Crippen molar-refractivity contribution < 1.29 is 19.1 Å². The highest BCUT2D eigenvalue weighted by Crippen LogP contribution is 2.20. The van der Waals surface area contributed by atoms with Crippen molar-refractivity contribution >= 4 is 23.7 Å². The number of likely N-dealkylation sites (tertiary alicyclic amines) is 1. The van der Waals surface area contributed by atoms with Crippen LogP contribution < -0.4 is 10.6 Å². The Hall–Kier alpha value is -2.77. The Labute approximate surface area is 185 Å². The van der Waals surface area contributed by atoms with Crippen LogP contribution in [0.4, 0.5) is 15.3 Å². The summed E-state index contributed by atoms with van der Waals surface area (Å²) in [7, 11) is 1.72. The second-order valence-corrected chi connectivity index (χ2v) is 9.08. The fourth-order valence-corrected chi connectivity index (χ4v) is 3.48. The lowest BCUT2D eigenvalue weighted by Gasteiger charge is -2.35. The summed E-state index contributed by atoms with van der Waals surface area (Å²) in [6.45, 7) is 9.89. The van der Waals surface area contributed by atoms with E-state index in [1.165, 1.54) is 0 Å². The minimum atomic E-state index is -0.536. The molecule has 0 spiro atoms. The summed E-state index contributed by atoms with van der Waals surface area (Å²) in [5.41, 5.74) is 0.565. The fourth-order valence-electron chi connectivity index (χ4n) is 3.48. The molecule has 1 aromatic rings. The van der Waals surface area contributed by atoms with Crippen molar-refractivity contribution in [2.45, 2.75) is 52.6 Å². The number of anilines is 1. The Kier molecular flexibility index (Phi) is 8.71. The lowest BCUT2D eigenvalue weighted by Crippen LogP contribution is -2.46. The molecule has 1 aliphatic heterocycles. The van der Waals surface area contributed by atoms with Crippen LogP contribution in [0.1, 0.15) is 57.3 Å². The molecule has 0 radical (unpaired) electrons. The van der Waals surface area contributed by atoms with Crippen molar-refractivity contribution in [2.75, 3.05) is 38.5 Å². The van der Waals surface area contributed by atoms with Crippen molar-refractivity contribution in [1.29, 1.82) is 0 Å². The molecule has 1 fully saturated rings. The summed E-state index contributed by atoms with van der Waals surface area (Å²) in [5.74, 6) is 0.0318. The van der Waals surface area contributed by atoms with Crippen molar-refractivity contribution in [3.63, 3.8) is 0 Å². The molecule has 1 heterocycles. The monoisotopic (exact) mass is 432 g/mol. The van der Waals surface area contributed by atoms with E-state index in [4.69, 9.17) is 4.74 Å². The molecule has 1 unspecified atom stereocenters. The van der Waals surface area contributed by atoms with Gasteiger partial charge in [-0.2, -0.15) is 0 Å². The number of nitrogens with zero attached hydrogens (tertiary/aromatic N) is 2. The predicted molar refractivity (Wildman–Crippen MR) is 121 cm³/mol. The molecular weight excluding hydrogens is 396 g/mol. The first-order valence-electron chi connectivity index (χ1n) is 11.0. The first-order valence-corrected chi connectivity index (χ1v) is 11.0. The zero-order valence-corrected chi connectivity index (χ0v) is 19.4. The van der Waals surface area contributed by atoms with Crippen LogP contribution in [-0.4, -0.2) is 66.7 Å². The maximum absolute atomic E-state index is 12.8. The number of urea groups is 1. The summed E-state index contributed by atoms with van der Waals surface area (Å²) in [6, 6.07) is 6.73. The van der Waals surface area contributed by atoms with Gasteiger partial charge in [0, 0.05) is 44.5 Å². The maximum Gasteiger partial charge on any atom is 0.410 e. The third kappa shape index (κ3) is 8.11. The average molecular weight is 433 g/mol. The molecule has 0 aliphatic carbocycles. The van der Waals surface area contributed by atoms with Gasteiger partial charge in [0.2, 0.25) is 0 Å². The molecule has 1 aromatic carbocycles. The molecule has 1 aliphatic rings. The Balaban J connectivity index is 1.91. The van der Waals surface area contributed by atoms with Gasteiger partial charge in [-0.05, 0) is 64.2 Å². The fraction of sp³-hybridized carbons (Fsp3) is 0.609. The smallest absolute Gasteiger partial charge is 0.410 e. The summed E-state index contributed by atoms with van der Waals surface area (Å²) in [5, 5.41) is 5.73. The molecule has 1 saturated heterocycles. The number of nitrogens with one attached hydrogen (secondary N) is 2. The van der Waals surface area contributed by atoms with Gasteiger partial charge in [0.25, 0.3) is 5.91 Å². The topological polar surface area (TPSA) is 91.0 Å². The third-order valence-corrected chi connectivity index (χ3v) is 4.96. The van der Waals surface area contributed by atoms with E-state index < -0.39 is 5.60 Å². The highest BCUT2D eigenvalue weighted by molar-refractivity contribution is 5.96. The predicted octanol–water partition coefficient (Wildman–Crippen LogP) is 3.94. The van der Waals surface area contributed by atoms with Crippen molar-refractivity contribution in [1.82, 2.24) is 15.1 Å². The van der Waals surface area contributed by atoms with Crippen LogP contribution in [0, 0.1) is 5.92 Å². The average Bonchev–Trinajstić information content (AvgIpc) is 2.71. The second kappa shape index (κ2) is 11.0. The zero-order valence-electron chi connectivity index (χ0n) is 19.4. The lowest BCUT2D eigenvalue weighted by molar-refractivity contribution is 0.0253. The molecule has 172 valence electrons. The Morgan fingerprint density at radius 3 is 2.68 bits per heavy atom. The zero-order chi connectivity index (χ0) is 23.0.